The van der Waals surface area contributed by atoms with E-state index in [1.807, 2.05) is 67.6 Å². The van der Waals surface area contributed by atoms with E-state index in [2.05, 4.69) is 15.3 Å². The van der Waals surface area contributed by atoms with Gasteiger partial charge in [0.1, 0.15) is 5.82 Å². The van der Waals surface area contributed by atoms with Crippen molar-refractivity contribution >= 4 is 5.91 Å². The van der Waals surface area contributed by atoms with Gasteiger partial charge in [-0.2, -0.15) is 0 Å². The molecule has 1 unspecified atom stereocenters. The topological polar surface area (TPSA) is 57.8 Å². The molecule has 1 heterocycles. The monoisotopic (exact) mass is 319 g/mol. The fraction of sp³-hybridized carbons (Fsp3) is 0.200. The van der Waals surface area contributed by atoms with Crippen LogP contribution in [0.2, 0.25) is 0 Å². The Balaban J connectivity index is 1.63. The maximum Gasteiger partial charge on any atom is 0.227 e. The summed E-state index contributed by atoms with van der Waals surface area (Å²) in [6, 6.07) is 19.9. The van der Waals surface area contributed by atoms with Gasteiger partial charge in [-0.1, -0.05) is 67.6 Å². The molecule has 0 fully saturated rings. The quantitative estimate of drug-likeness (QED) is 0.724. The number of hydrogen-bond donors (Lipinski definition) is 2. The van der Waals surface area contributed by atoms with Crippen LogP contribution in [0.15, 0.2) is 66.9 Å². The molecule has 4 heteroatoms. The minimum atomic E-state index is -0.130. The lowest BCUT2D eigenvalue weighted by molar-refractivity contribution is -0.122. The number of benzene rings is 2. The molecule has 0 aliphatic rings. The van der Waals surface area contributed by atoms with Gasteiger partial charge in [0.25, 0.3) is 0 Å². The van der Waals surface area contributed by atoms with Crippen LogP contribution in [0.3, 0.4) is 0 Å². The maximum atomic E-state index is 12.5. The first-order chi connectivity index (χ1) is 11.8. The largest absolute Gasteiger partial charge is 0.348 e. The maximum absolute atomic E-state index is 12.5. The van der Waals surface area contributed by atoms with Gasteiger partial charge in [-0.15, -0.1) is 0 Å². The van der Waals surface area contributed by atoms with Crippen molar-refractivity contribution in [3.05, 3.63) is 78.2 Å². The number of nitrogens with one attached hydrogen (secondary N) is 2. The van der Waals surface area contributed by atoms with Crippen LogP contribution in [0.25, 0.3) is 11.3 Å². The van der Waals surface area contributed by atoms with Crippen LogP contribution >= 0.6 is 0 Å². The lowest BCUT2D eigenvalue weighted by Gasteiger charge is -2.14. The second-order valence-electron chi connectivity index (χ2n) is 5.70. The van der Waals surface area contributed by atoms with Crippen LogP contribution in [-0.4, -0.2) is 15.9 Å². The van der Waals surface area contributed by atoms with Crippen LogP contribution in [0, 0.1) is 0 Å². The molecule has 3 aromatic rings. The van der Waals surface area contributed by atoms with Crippen molar-refractivity contribution in [3.8, 4) is 11.3 Å². The number of hydrogen-bond acceptors (Lipinski definition) is 2. The van der Waals surface area contributed by atoms with Gasteiger partial charge in [0, 0.05) is 0 Å². The molecule has 24 heavy (non-hydrogen) atoms. The molecule has 1 atom stereocenters. The average Bonchev–Trinajstić information content (AvgIpc) is 3.11. The van der Waals surface area contributed by atoms with Crippen molar-refractivity contribution in [1.29, 1.82) is 0 Å². The van der Waals surface area contributed by atoms with Crippen LogP contribution in [0.1, 0.15) is 30.7 Å². The number of carbonyl (C=O) groups excluding carboxylic acids is 1. The van der Waals surface area contributed by atoms with Crippen molar-refractivity contribution in [3.63, 3.8) is 0 Å². The number of rotatable bonds is 6. The Bertz CT molecular complexity index is 781. The minimum Gasteiger partial charge on any atom is -0.348 e. The first-order valence-electron chi connectivity index (χ1n) is 8.20. The molecule has 122 valence electrons. The van der Waals surface area contributed by atoms with Crippen molar-refractivity contribution < 1.29 is 4.79 Å². The lowest BCUT2D eigenvalue weighted by atomic mass is 9.96. The molecule has 3 rings (SSSR count). The van der Waals surface area contributed by atoms with E-state index >= 15 is 0 Å². The van der Waals surface area contributed by atoms with Crippen LogP contribution in [0.4, 0.5) is 0 Å². The van der Waals surface area contributed by atoms with E-state index in [0.29, 0.717) is 6.54 Å². The highest BCUT2D eigenvalue weighted by atomic mass is 16.1. The standard InChI is InChI=1S/C20H21N3O/c1-2-17(15-9-5-3-6-10-15)20(24)22-14-19-21-13-18(23-19)16-11-7-4-8-12-16/h3-13,17H,2,14H2,1H3,(H,21,23)(H,22,24). The fourth-order valence-corrected chi connectivity index (χ4v) is 2.77. The third-order valence-electron chi connectivity index (χ3n) is 4.07. The Morgan fingerprint density at radius 1 is 1.08 bits per heavy atom. The number of amides is 1. The summed E-state index contributed by atoms with van der Waals surface area (Å²) in [6.45, 7) is 2.42. The Kier molecular flexibility index (Phi) is 5.06. The summed E-state index contributed by atoms with van der Waals surface area (Å²) in [5.74, 6) is 0.654. The number of H-pyrrole nitrogens is 1. The highest BCUT2D eigenvalue weighted by molar-refractivity contribution is 5.83. The Morgan fingerprint density at radius 3 is 2.42 bits per heavy atom. The zero-order chi connectivity index (χ0) is 16.8. The number of nitrogens with zero attached hydrogens (tertiary/aromatic N) is 1. The zero-order valence-electron chi connectivity index (χ0n) is 13.7. The van der Waals surface area contributed by atoms with E-state index in [1.54, 1.807) is 6.20 Å². The molecular formula is C20H21N3O. The summed E-state index contributed by atoms with van der Waals surface area (Å²) >= 11 is 0. The van der Waals surface area contributed by atoms with Gasteiger partial charge in [-0.05, 0) is 17.5 Å². The van der Waals surface area contributed by atoms with Gasteiger partial charge in [0.2, 0.25) is 5.91 Å². The summed E-state index contributed by atoms with van der Waals surface area (Å²) in [4.78, 5) is 20.1. The number of carbonyl (C=O) groups is 1. The van der Waals surface area contributed by atoms with Crippen molar-refractivity contribution in [2.45, 2.75) is 25.8 Å². The van der Waals surface area contributed by atoms with Crippen LogP contribution < -0.4 is 5.32 Å². The van der Waals surface area contributed by atoms with Crippen LogP contribution in [-0.2, 0) is 11.3 Å². The molecule has 0 saturated heterocycles. The second-order valence-corrected chi connectivity index (χ2v) is 5.70. The van der Waals surface area contributed by atoms with Gasteiger partial charge in [0.05, 0.1) is 24.4 Å². The Hall–Kier alpha value is -2.88. The van der Waals surface area contributed by atoms with E-state index in [1.165, 1.54) is 0 Å². The highest BCUT2D eigenvalue weighted by Crippen LogP contribution is 2.20. The molecule has 0 bridgehead atoms. The number of imidazole rings is 1. The Morgan fingerprint density at radius 2 is 1.75 bits per heavy atom. The number of aromatic nitrogens is 2. The van der Waals surface area contributed by atoms with Gasteiger partial charge in [-0.25, -0.2) is 4.98 Å². The molecule has 0 aliphatic carbocycles. The van der Waals surface area contributed by atoms with E-state index in [4.69, 9.17) is 0 Å². The predicted molar refractivity (Wildman–Crippen MR) is 95.3 cm³/mol. The summed E-state index contributed by atoms with van der Waals surface area (Å²) in [5, 5.41) is 2.98. The summed E-state index contributed by atoms with van der Waals surface area (Å²) < 4.78 is 0. The second kappa shape index (κ2) is 7.59. The molecule has 2 aromatic carbocycles. The van der Waals surface area contributed by atoms with E-state index in [-0.39, 0.29) is 11.8 Å². The summed E-state index contributed by atoms with van der Waals surface area (Å²) in [7, 11) is 0. The minimum absolute atomic E-state index is 0.0290. The third kappa shape index (κ3) is 3.71. The first kappa shape index (κ1) is 16.0. The molecule has 4 nitrogen and oxygen atoms in total. The summed E-state index contributed by atoms with van der Waals surface area (Å²) in [5.41, 5.74) is 3.08. The van der Waals surface area contributed by atoms with Crippen molar-refractivity contribution in [1.82, 2.24) is 15.3 Å². The molecule has 1 amide bonds. The molecule has 0 aliphatic heterocycles. The van der Waals surface area contributed by atoms with Crippen molar-refractivity contribution in [2.24, 2.45) is 0 Å². The van der Waals surface area contributed by atoms with Gasteiger partial charge >= 0.3 is 0 Å². The first-order valence-corrected chi connectivity index (χ1v) is 8.20. The van der Waals surface area contributed by atoms with Gasteiger partial charge < -0.3 is 10.3 Å². The molecule has 0 spiro atoms. The van der Waals surface area contributed by atoms with Gasteiger partial charge in [0.15, 0.2) is 0 Å². The third-order valence-corrected chi connectivity index (χ3v) is 4.07. The van der Waals surface area contributed by atoms with Gasteiger partial charge in [-0.3, -0.25) is 4.79 Å². The lowest BCUT2D eigenvalue weighted by Crippen LogP contribution is -2.29. The molecule has 0 saturated carbocycles. The Labute approximate surface area is 142 Å². The fourth-order valence-electron chi connectivity index (χ4n) is 2.77. The van der Waals surface area contributed by atoms with E-state index < -0.39 is 0 Å². The normalized spacial score (nSPS) is 11.9. The molecular weight excluding hydrogens is 298 g/mol. The smallest absolute Gasteiger partial charge is 0.227 e. The predicted octanol–water partition coefficient (Wildman–Crippen LogP) is 3.89. The molecule has 2 N–H and O–H groups in total. The van der Waals surface area contributed by atoms with Crippen LogP contribution in [0.5, 0.6) is 0 Å². The summed E-state index contributed by atoms with van der Waals surface area (Å²) in [6.07, 6.45) is 2.56. The molecule has 0 radical (unpaired) electrons. The average molecular weight is 319 g/mol. The van der Waals surface area contributed by atoms with E-state index in [0.717, 1.165) is 29.1 Å². The van der Waals surface area contributed by atoms with E-state index in [9.17, 15) is 4.79 Å². The molecule has 1 aromatic heterocycles. The number of aromatic amines is 1. The SMILES string of the molecule is CCC(C(=O)NCc1ncc(-c2ccccc2)[nH]1)c1ccccc1. The highest BCUT2D eigenvalue weighted by Gasteiger charge is 2.18. The van der Waals surface area contributed by atoms with Crippen molar-refractivity contribution in [2.75, 3.05) is 0 Å². The zero-order valence-corrected chi connectivity index (χ0v) is 13.7.